The molecular weight excluding hydrogens is 311 g/mol. The SMILES string of the molecule is COC(=O)c1cnc(OC(F)(F)F)c([N+](=O)[O-])c1C(F)F. The van der Waals surface area contributed by atoms with Crippen molar-refractivity contribution in [3.05, 3.63) is 27.4 Å². The Morgan fingerprint density at radius 2 is 2.00 bits per heavy atom. The summed E-state index contributed by atoms with van der Waals surface area (Å²) in [6, 6.07) is 0. The Morgan fingerprint density at radius 1 is 1.43 bits per heavy atom. The summed E-state index contributed by atoms with van der Waals surface area (Å²) in [4.78, 5) is 23.3. The molecule has 1 heterocycles. The van der Waals surface area contributed by atoms with Crippen LogP contribution < -0.4 is 4.74 Å². The number of aromatic nitrogens is 1. The standard InChI is InChI=1S/C9H5F5N2O5/c1-20-8(17)3-2-15-7(21-9(12,13)14)5(16(18)19)4(3)6(10)11/h2,6H,1H3. The molecule has 0 spiro atoms. The van der Waals surface area contributed by atoms with Gasteiger partial charge in [-0.15, -0.1) is 13.2 Å². The average Bonchev–Trinajstić information content (AvgIpc) is 2.34. The first kappa shape index (κ1) is 16.5. The fourth-order valence-corrected chi connectivity index (χ4v) is 1.35. The molecule has 0 unspecified atom stereocenters. The zero-order valence-electron chi connectivity index (χ0n) is 9.98. The number of esters is 1. The van der Waals surface area contributed by atoms with Crippen molar-refractivity contribution < 1.29 is 41.1 Å². The van der Waals surface area contributed by atoms with Crippen molar-refractivity contribution in [2.24, 2.45) is 0 Å². The number of nitro groups is 1. The van der Waals surface area contributed by atoms with Crippen molar-refractivity contribution in [2.45, 2.75) is 12.8 Å². The van der Waals surface area contributed by atoms with Crippen LogP contribution in [0.2, 0.25) is 0 Å². The molecular formula is C9H5F5N2O5. The number of carbonyl (C=O) groups is 1. The van der Waals surface area contributed by atoms with E-state index in [-0.39, 0.29) is 6.20 Å². The van der Waals surface area contributed by atoms with E-state index >= 15 is 0 Å². The molecule has 0 aliphatic carbocycles. The lowest BCUT2D eigenvalue weighted by Crippen LogP contribution is -2.20. The molecule has 0 aliphatic rings. The van der Waals surface area contributed by atoms with Crippen LogP contribution in [-0.4, -0.2) is 29.3 Å². The second kappa shape index (κ2) is 5.85. The summed E-state index contributed by atoms with van der Waals surface area (Å²) in [6.45, 7) is 0. The topological polar surface area (TPSA) is 91.6 Å². The Hall–Kier alpha value is -2.53. The molecule has 0 amide bonds. The number of carbonyl (C=O) groups excluding carboxylic acids is 1. The van der Waals surface area contributed by atoms with Gasteiger partial charge in [-0.3, -0.25) is 10.1 Å². The van der Waals surface area contributed by atoms with Gasteiger partial charge in [0.25, 0.3) is 6.43 Å². The van der Waals surface area contributed by atoms with Crippen molar-refractivity contribution >= 4 is 11.7 Å². The Labute approximate surface area is 112 Å². The minimum atomic E-state index is -5.38. The average molecular weight is 316 g/mol. The Balaban J connectivity index is 3.61. The van der Waals surface area contributed by atoms with Gasteiger partial charge in [0, 0.05) is 6.20 Å². The fraction of sp³-hybridized carbons (Fsp3) is 0.333. The van der Waals surface area contributed by atoms with E-state index in [4.69, 9.17) is 0 Å². The summed E-state index contributed by atoms with van der Waals surface area (Å²) in [5, 5.41) is 10.7. The molecule has 0 atom stereocenters. The Morgan fingerprint density at radius 3 is 2.38 bits per heavy atom. The Kier molecular flexibility index (Phi) is 4.60. The predicted molar refractivity (Wildman–Crippen MR) is 53.9 cm³/mol. The van der Waals surface area contributed by atoms with E-state index in [0.29, 0.717) is 0 Å². The van der Waals surface area contributed by atoms with Gasteiger partial charge in [0.1, 0.15) is 5.56 Å². The Bertz CT molecular complexity index is 574. The van der Waals surface area contributed by atoms with E-state index in [1.165, 1.54) is 0 Å². The third-order valence-corrected chi connectivity index (χ3v) is 2.08. The second-order valence-corrected chi connectivity index (χ2v) is 3.34. The lowest BCUT2D eigenvalue weighted by molar-refractivity contribution is -0.390. The summed E-state index contributed by atoms with van der Waals surface area (Å²) in [7, 11) is 0.795. The van der Waals surface area contributed by atoms with Crippen LogP contribution in [0, 0.1) is 10.1 Å². The minimum Gasteiger partial charge on any atom is -0.465 e. The number of rotatable bonds is 4. The van der Waals surface area contributed by atoms with Crippen LogP contribution in [-0.2, 0) is 4.74 Å². The lowest BCUT2D eigenvalue weighted by Gasteiger charge is -2.12. The van der Waals surface area contributed by atoms with E-state index in [1.54, 1.807) is 0 Å². The van der Waals surface area contributed by atoms with Gasteiger partial charge >= 0.3 is 23.9 Å². The van der Waals surface area contributed by atoms with Crippen LogP contribution in [0.5, 0.6) is 5.88 Å². The number of methoxy groups -OCH3 is 1. The number of hydrogen-bond donors (Lipinski definition) is 0. The lowest BCUT2D eigenvalue weighted by atomic mass is 10.1. The highest BCUT2D eigenvalue weighted by molar-refractivity contribution is 5.92. The first-order chi connectivity index (χ1) is 9.58. The zero-order valence-corrected chi connectivity index (χ0v) is 9.98. The molecule has 0 saturated heterocycles. The first-order valence-electron chi connectivity index (χ1n) is 4.88. The first-order valence-corrected chi connectivity index (χ1v) is 4.88. The largest absolute Gasteiger partial charge is 0.574 e. The number of ether oxygens (including phenoxy) is 2. The highest BCUT2D eigenvalue weighted by Crippen LogP contribution is 2.39. The highest BCUT2D eigenvalue weighted by atomic mass is 19.4. The third kappa shape index (κ3) is 3.73. The predicted octanol–water partition coefficient (Wildman–Crippen LogP) is 2.61. The van der Waals surface area contributed by atoms with Gasteiger partial charge in [0.2, 0.25) is 0 Å². The van der Waals surface area contributed by atoms with Crippen molar-refractivity contribution in [3.63, 3.8) is 0 Å². The molecule has 1 aromatic heterocycles. The monoisotopic (exact) mass is 316 g/mol. The van der Waals surface area contributed by atoms with E-state index in [2.05, 4.69) is 14.5 Å². The second-order valence-electron chi connectivity index (χ2n) is 3.34. The number of alkyl halides is 5. The van der Waals surface area contributed by atoms with Gasteiger partial charge in [-0.1, -0.05) is 0 Å². The fourth-order valence-electron chi connectivity index (χ4n) is 1.35. The molecule has 12 heteroatoms. The molecule has 0 radical (unpaired) electrons. The van der Waals surface area contributed by atoms with Crippen molar-refractivity contribution in [2.75, 3.05) is 7.11 Å². The minimum absolute atomic E-state index is 0.279. The normalized spacial score (nSPS) is 11.4. The van der Waals surface area contributed by atoms with Crippen LogP contribution in [0.15, 0.2) is 6.20 Å². The molecule has 116 valence electrons. The van der Waals surface area contributed by atoms with E-state index in [9.17, 15) is 36.9 Å². The summed E-state index contributed by atoms with van der Waals surface area (Å²) in [5.74, 6) is -3.12. The van der Waals surface area contributed by atoms with Crippen LogP contribution >= 0.6 is 0 Å². The van der Waals surface area contributed by atoms with Crippen LogP contribution in [0.25, 0.3) is 0 Å². The van der Waals surface area contributed by atoms with E-state index < -0.39 is 46.4 Å². The van der Waals surface area contributed by atoms with Gasteiger partial charge in [-0.2, -0.15) is 0 Å². The molecule has 0 bridgehead atoms. The van der Waals surface area contributed by atoms with Gasteiger partial charge < -0.3 is 9.47 Å². The summed E-state index contributed by atoms with van der Waals surface area (Å²) in [6.07, 6.45) is -8.73. The maximum Gasteiger partial charge on any atom is 0.574 e. The number of halogens is 5. The summed E-state index contributed by atoms with van der Waals surface area (Å²) < 4.78 is 69.3. The van der Waals surface area contributed by atoms with Gasteiger partial charge in [0.05, 0.1) is 17.6 Å². The summed E-state index contributed by atoms with van der Waals surface area (Å²) in [5.41, 5.74) is -4.36. The molecule has 0 fully saturated rings. The van der Waals surface area contributed by atoms with Gasteiger partial charge in [0.15, 0.2) is 0 Å². The number of pyridine rings is 1. The number of nitrogens with zero attached hydrogens (tertiary/aromatic N) is 2. The summed E-state index contributed by atoms with van der Waals surface area (Å²) >= 11 is 0. The van der Waals surface area contributed by atoms with Crippen molar-refractivity contribution in [1.82, 2.24) is 4.98 Å². The van der Waals surface area contributed by atoms with Crippen LogP contribution in [0.3, 0.4) is 0 Å². The quantitative estimate of drug-likeness (QED) is 0.367. The highest BCUT2D eigenvalue weighted by Gasteiger charge is 2.40. The zero-order chi connectivity index (χ0) is 16.4. The molecule has 7 nitrogen and oxygen atoms in total. The molecule has 0 aliphatic heterocycles. The molecule has 0 aromatic carbocycles. The molecule has 21 heavy (non-hydrogen) atoms. The maximum atomic E-state index is 12.9. The van der Waals surface area contributed by atoms with E-state index in [0.717, 1.165) is 7.11 Å². The molecule has 0 saturated carbocycles. The van der Waals surface area contributed by atoms with Crippen LogP contribution in [0.4, 0.5) is 27.6 Å². The molecule has 0 N–H and O–H groups in total. The van der Waals surface area contributed by atoms with Gasteiger partial charge in [-0.25, -0.2) is 18.6 Å². The number of hydrogen-bond acceptors (Lipinski definition) is 6. The van der Waals surface area contributed by atoms with Crippen molar-refractivity contribution in [3.8, 4) is 5.88 Å². The molecule has 1 rings (SSSR count). The van der Waals surface area contributed by atoms with Crippen molar-refractivity contribution in [1.29, 1.82) is 0 Å². The smallest absolute Gasteiger partial charge is 0.465 e. The molecule has 1 aromatic rings. The van der Waals surface area contributed by atoms with Crippen LogP contribution in [0.1, 0.15) is 22.3 Å². The van der Waals surface area contributed by atoms with E-state index in [1.807, 2.05) is 0 Å². The third-order valence-electron chi connectivity index (χ3n) is 2.08. The maximum absolute atomic E-state index is 12.9. The van der Waals surface area contributed by atoms with Gasteiger partial charge in [-0.05, 0) is 0 Å².